The summed E-state index contributed by atoms with van der Waals surface area (Å²) in [5.74, 6) is 0.802. The summed E-state index contributed by atoms with van der Waals surface area (Å²) in [4.78, 5) is 14.8. The second kappa shape index (κ2) is 10.6. The van der Waals surface area contributed by atoms with Crippen LogP contribution in [-0.4, -0.2) is 40.9 Å². The van der Waals surface area contributed by atoms with Gasteiger partial charge in [0.1, 0.15) is 18.1 Å². The van der Waals surface area contributed by atoms with E-state index >= 15 is 0 Å². The van der Waals surface area contributed by atoms with Crippen molar-refractivity contribution in [2.24, 2.45) is 5.73 Å². The van der Waals surface area contributed by atoms with Crippen LogP contribution in [0.3, 0.4) is 0 Å². The number of aliphatic hydroxyl groups excluding tert-OH is 1. The van der Waals surface area contributed by atoms with Gasteiger partial charge in [-0.05, 0) is 42.0 Å². The molecule has 0 radical (unpaired) electrons. The molecule has 0 bridgehead atoms. The molecule has 0 aliphatic carbocycles. The summed E-state index contributed by atoms with van der Waals surface area (Å²) in [5.41, 5.74) is 9.57. The summed E-state index contributed by atoms with van der Waals surface area (Å²) in [7, 11) is 0. The van der Waals surface area contributed by atoms with Crippen molar-refractivity contribution < 1.29 is 19.7 Å². The Kier molecular flexibility index (Phi) is 6.93. The summed E-state index contributed by atoms with van der Waals surface area (Å²) < 4.78 is 5.89. The van der Waals surface area contributed by atoms with Crippen LogP contribution in [0.15, 0.2) is 84.9 Å². The monoisotopic (exact) mass is 496 g/mol. The van der Waals surface area contributed by atoms with Gasteiger partial charge < -0.3 is 36.3 Å². The molecule has 1 aromatic heterocycles. The third-order valence-electron chi connectivity index (χ3n) is 6.24. The quantitative estimate of drug-likeness (QED) is 0.162. The fraction of sp³-hybridized carbons (Fsp3) is 0.138. The first-order valence-electron chi connectivity index (χ1n) is 12.0. The fourth-order valence-corrected chi connectivity index (χ4v) is 4.46. The number of aromatic hydroxyl groups is 1. The number of urea groups is 1. The minimum atomic E-state index is -0.807. The lowest BCUT2D eigenvalue weighted by molar-refractivity contribution is 0.172. The second-order valence-corrected chi connectivity index (χ2v) is 8.76. The number of aromatic amines is 1. The Morgan fingerprint density at radius 3 is 2.57 bits per heavy atom. The van der Waals surface area contributed by atoms with Crippen LogP contribution < -0.4 is 21.1 Å². The maximum Gasteiger partial charge on any atom is 0.316 e. The molecule has 0 fully saturated rings. The maximum absolute atomic E-state index is 11.4. The van der Waals surface area contributed by atoms with Gasteiger partial charge in [-0.15, -0.1) is 0 Å². The Morgan fingerprint density at radius 2 is 1.70 bits per heavy atom. The smallest absolute Gasteiger partial charge is 0.316 e. The first kappa shape index (κ1) is 24.2. The van der Waals surface area contributed by atoms with Gasteiger partial charge in [-0.1, -0.05) is 42.5 Å². The number of phenols is 1. The van der Waals surface area contributed by atoms with E-state index < -0.39 is 12.1 Å². The normalized spacial score (nSPS) is 12.0. The molecule has 8 heteroatoms. The summed E-state index contributed by atoms with van der Waals surface area (Å²) in [5, 5.41) is 29.3. The molecular weight excluding hydrogens is 468 g/mol. The van der Waals surface area contributed by atoms with E-state index in [1.165, 1.54) is 11.5 Å². The molecule has 5 aromatic rings. The number of aliphatic hydroxyl groups is 1. The Hall–Kier alpha value is -4.53. The van der Waals surface area contributed by atoms with Crippen molar-refractivity contribution in [3.8, 4) is 22.6 Å². The van der Waals surface area contributed by atoms with Crippen molar-refractivity contribution in [1.29, 1.82) is 0 Å². The van der Waals surface area contributed by atoms with Crippen LogP contribution in [0.2, 0.25) is 0 Å². The van der Waals surface area contributed by atoms with Gasteiger partial charge >= 0.3 is 6.03 Å². The lowest BCUT2D eigenvalue weighted by atomic mass is 9.98. The molecule has 5 rings (SSSR count). The van der Waals surface area contributed by atoms with Crippen molar-refractivity contribution in [2.45, 2.75) is 6.10 Å². The van der Waals surface area contributed by atoms with Crippen LogP contribution in [0.1, 0.15) is 11.7 Å². The van der Waals surface area contributed by atoms with Crippen LogP contribution in [0.25, 0.3) is 32.9 Å². The van der Waals surface area contributed by atoms with E-state index in [1.54, 1.807) is 36.4 Å². The van der Waals surface area contributed by atoms with E-state index in [0.29, 0.717) is 42.1 Å². The maximum atomic E-state index is 11.4. The lowest BCUT2D eigenvalue weighted by Crippen LogP contribution is -2.26. The summed E-state index contributed by atoms with van der Waals surface area (Å²) in [6.45, 7) is 1.28. The molecule has 1 atom stereocenters. The van der Waals surface area contributed by atoms with Crippen molar-refractivity contribution in [3.05, 3.63) is 90.5 Å². The largest absolute Gasteiger partial charge is 0.507 e. The average Bonchev–Trinajstić information content (AvgIpc) is 3.26. The number of phenolic OH excluding ortho intramolecular Hbond substituents is 1. The highest BCUT2D eigenvalue weighted by molar-refractivity contribution is 6.07. The predicted octanol–water partition coefficient (Wildman–Crippen LogP) is 4.89. The molecule has 7 N–H and O–H groups in total. The van der Waals surface area contributed by atoms with E-state index in [1.807, 2.05) is 24.3 Å². The first-order chi connectivity index (χ1) is 18.0. The van der Waals surface area contributed by atoms with Crippen LogP contribution in [-0.2, 0) is 0 Å². The Labute approximate surface area is 213 Å². The van der Waals surface area contributed by atoms with Crippen molar-refractivity contribution in [3.63, 3.8) is 0 Å². The van der Waals surface area contributed by atoms with Gasteiger partial charge in [0.15, 0.2) is 0 Å². The highest BCUT2D eigenvalue weighted by Gasteiger charge is 2.15. The number of H-pyrrole nitrogens is 1. The predicted molar refractivity (Wildman–Crippen MR) is 146 cm³/mol. The molecule has 1 heterocycles. The number of amides is 2. The first-order valence-corrected chi connectivity index (χ1v) is 12.0. The molecule has 0 aliphatic heterocycles. The van der Waals surface area contributed by atoms with Crippen LogP contribution in [0.4, 0.5) is 10.5 Å². The van der Waals surface area contributed by atoms with Crippen molar-refractivity contribution in [1.82, 2.24) is 10.3 Å². The Morgan fingerprint density at radius 1 is 0.919 bits per heavy atom. The minimum absolute atomic E-state index is 0.0305. The van der Waals surface area contributed by atoms with E-state index in [2.05, 4.69) is 33.8 Å². The number of carbonyl (C=O) groups excluding carboxylic acids is 1. The van der Waals surface area contributed by atoms with E-state index in [-0.39, 0.29) is 5.75 Å². The molecule has 0 saturated carbocycles. The van der Waals surface area contributed by atoms with Gasteiger partial charge in [0, 0.05) is 46.6 Å². The van der Waals surface area contributed by atoms with Crippen LogP contribution in [0, 0.1) is 0 Å². The number of rotatable bonds is 9. The number of benzene rings is 4. The molecule has 4 aromatic carbocycles. The Balaban J connectivity index is 1.18. The highest BCUT2D eigenvalue weighted by Crippen LogP contribution is 2.36. The minimum Gasteiger partial charge on any atom is -0.507 e. The number of hydrogen-bond donors (Lipinski definition) is 6. The number of fused-ring (bicyclic) bond motifs is 3. The van der Waals surface area contributed by atoms with Crippen molar-refractivity contribution >= 4 is 33.5 Å². The Bertz CT molecular complexity index is 1560. The van der Waals surface area contributed by atoms with E-state index in [4.69, 9.17) is 10.5 Å². The zero-order valence-electron chi connectivity index (χ0n) is 20.1. The third kappa shape index (κ3) is 5.35. The summed E-state index contributed by atoms with van der Waals surface area (Å²) in [6, 6.07) is 25.4. The lowest BCUT2D eigenvalue weighted by Gasteiger charge is -2.16. The molecule has 188 valence electrons. The molecule has 37 heavy (non-hydrogen) atoms. The van der Waals surface area contributed by atoms with Crippen molar-refractivity contribution in [2.75, 3.05) is 25.0 Å². The van der Waals surface area contributed by atoms with E-state index in [9.17, 15) is 15.0 Å². The highest BCUT2D eigenvalue weighted by atomic mass is 16.5. The summed E-state index contributed by atoms with van der Waals surface area (Å²) in [6.07, 6.45) is -0.807. The van der Waals surface area contributed by atoms with E-state index in [0.717, 1.165) is 22.2 Å². The number of nitrogens with one attached hydrogen (secondary N) is 3. The summed E-state index contributed by atoms with van der Waals surface area (Å²) >= 11 is 0. The topological polar surface area (TPSA) is 133 Å². The average molecular weight is 497 g/mol. The molecule has 1 unspecified atom stereocenters. The standard InChI is InChI=1S/C29H28N4O4/c30-29(36)33-25-8-4-2-6-21(25)23-15-18(9-12-27(23)34)28(35)17-31-13-14-37-19-10-11-22-20-5-1-3-7-24(20)32-26(22)16-19/h1-12,15-16,28,31-32,34-35H,13-14,17H2,(H3,30,33,36). The SMILES string of the molecule is NC(=O)Nc1ccccc1-c1cc(C(O)CNCCOc2ccc3c(c2)[nH]c2ccccc23)ccc1O. The zero-order valence-corrected chi connectivity index (χ0v) is 20.1. The number of primary amides is 1. The van der Waals surface area contributed by atoms with Gasteiger partial charge in [0.05, 0.1) is 17.3 Å². The zero-order chi connectivity index (χ0) is 25.8. The second-order valence-electron chi connectivity index (χ2n) is 8.76. The fourth-order valence-electron chi connectivity index (χ4n) is 4.46. The van der Waals surface area contributed by atoms with Gasteiger partial charge in [0.25, 0.3) is 0 Å². The number of aromatic nitrogens is 1. The molecule has 0 spiro atoms. The number of carbonyl (C=O) groups is 1. The van der Waals surface area contributed by atoms with Gasteiger partial charge in [0.2, 0.25) is 0 Å². The van der Waals surface area contributed by atoms with Gasteiger partial charge in [-0.3, -0.25) is 0 Å². The molecular formula is C29H28N4O4. The van der Waals surface area contributed by atoms with Gasteiger partial charge in [-0.2, -0.15) is 0 Å². The van der Waals surface area contributed by atoms with Crippen LogP contribution in [0.5, 0.6) is 11.5 Å². The molecule has 0 saturated heterocycles. The third-order valence-corrected chi connectivity index (χ3v) is 6.24. The molecule has 2 amide bonds. The van der Waals surface area contributed by atoms with Crippen LogP contribution >= 0.6 is 0 Å². The number of hydrogen-bond acceptors (Lipinski definition) is 5. The van der Waals surface area contributed by atoms with Gasteiger partial charge in [-0.25, -0.2) is 4.79 Å². The number of nitrogens with two attached hydrogens (primary N) is 1. The number of anilines is 1. The number of para-hydroxylation sites is 2. The molecule has 0 aliphatic rings. The molecule has 8 nitrogen and oxygen atoms in total. The number of ether oxygens (including phenoxy) is 1.